The van der Waals surface area contributed by atoms with Gasteiger partial charge in [-0.15, -0.1) is 0 Å². The van der Waals surface area contributed by atoms with Crippen LogP contribution in [0.15, 0.2) is 46.2 Å². The third kappa shape index (κ3) is 9.29. The van der Waals surface area contributed by atoms with Crippen LogP contribution in [0.4, 0.5) is 0 Å². The number of benzene rings is 2. The summed E-state index contributed by atoms with van der Waals surface area (Å²) in [6.07, 6.45) is 0. The number of phenols is 4. The number of aromatic hydroxyl groups is 4. The van der Waals surface area contributed by atoms with Gasteiger partial charge in [-0.1, -0.05) is 0 Å². The molecule has 2 rings (SSSR count). The van der Waals surface area contributed by atoms with Crippen LogP contribution in [-0.4, -0.2) is 46.4 Å². The molecule has 26 heavy (non-hydrogen) atoms. The quantitative estimate of drug-likeness (QED) is 0.192. The van der Waals surface area contributed by atoms with Crippen LogP contribution in [0.1, 0.15) is 0 Å². The first kappa shape index (κ1) is 28.9. The summed E-state index contributed by atoms with van der Waals surface area (Å²) in [5, 5.41) is 35.3. The Morgan fingerprint density at radius 2 is 0.885 bits per heavy atom. The van der Waals surface area contributed by atoms with Gasteiger partial charge in [0.15, 0.2) is 0 Å². The predicted molar refractivity (Wildman–Crippen MR) is 75.5 cm³/mol. The fourth-order valence-corrected chi connectivity index (χ4v) is 2.58. The maximum Gasteiger partial charge on any atom is 1.00 e. The molecule has 2 aromatic carbocycles. The molecule has 0 radical (unpaired) electrons. The van der Waals surface area contributed by atoms with Crippen molar-refractivity contribution >= 4 is 20.2 Å². The first-order chi connectivity index (χ1) is 10.8. The van der Waals surface area contributed by atoms with Crippen LogP contribution < -0.4 is 103 Å². The van der Waals surface area contributed by atoms with Gasteiger partial charge in [0.25, 0.3) is 0 Å². The van der Waals surface area contributed by atoms with Crippen molar-refractivity contribution in [1.29, 1.82) is 0 Å². The molecule has 0 saturated heterocycles. The van der Waals surface area contributed by atoms with Crippen LogP contribution in [0.5, 0.6) is 23.0 Å². The Bertz CT molecular complexity index is 878. The van der Waals surface area contributed by atoms with Crippen LogP contribution >= 0.6 is 0 Å². The van der Waals surface area contributed by atoms with Crippen molar-refractivity contribution in [2.75, 3.05) is 0 Å². The average Bonchev–Trinajstić information content (AvgIpc) is 2.42. The minimum absolute atomic E-state index is 0. The molecule has 0 saturated carbocycles. The number of hydrogen-bond donors (Lipinski definition) is 4. The molecule has 0 heterocycles. The second-order valence-corrected chi connectivity index (χ2v) is 6.91. The van der Waals surface area contributed by atoms with Crippen molar-refractivity contribution in [3.8, 4) is 23.0 Å². The van der Waals surface area contributed by atoms with Crippen LogP contribution in [0, 0.1) is 0 Å². The van der Waals surface area contributed by atoms with Gasteiger partial charge in [-0.2, -0.15) is 0 Å². The molecule has 0 aliphatic carbocycles. The van der Waals surface area contributed by atoms with Crippen LogP contribution in [0.2, 0.25) is 0 Å². The molecular weight excluding hydrogens is 446 g/mol. The van der Waals surface area contributed by atoms with Gasteiger partial charge in [-0.25, -0.2) is 16.8 Å². The molecule has 0 spiro atoms. The summed E-state index contributed by atoms with van der Waals surface area (Å²) in [4.78, 5) is -1.63. The smallest absolute Gasteiger partial charge is 0.744 e. The first-order valence-corrected chi connectivity index (χ1v) is 8.60. The monoisotopic (exact) mass is 456 g/mol. The topological polar surface area (TPSA) is 195 Å². The molecule has 0 aromatic heterocycles. The van der Waals surface area contributed by atoms with Gasteiger partial charge < -0.3 is 29.5 Å². The van der Waals surface area contributed by atoms with Crippen molar-refractivity contribution in [3.63, 3.8) is 0 Å². The van der Waals surface area contributed by atoms with Gasteiger partial charge in [0.1, 0.15) is 43.2 Å². The van der Waals surface area contributed by atoms with Gasteiger partial charge in [-0.05, 0) is 24.3 Å². The van der Waals surface area contributed by atoms with Gasteiger partial charge in [-0.3, -0.25) is 0 Å². The number of rotatable bonds is 2. The molecule has 0 amide bonds. The van der Waals surface area contributed by atoms with Crippen molar-refractivity contribution in [2.24, 2.45) is 0 Å². The standard InChI is InChI=1S/2C6H6O5S.2K/c2*7-4-1-2-5(8)6(3-4)12(9,10)11;;/h2*1-3,7-8H,(H,9,10,11);;/q;;2*+1/p-2. The largest absolute Gasteiger partial charge is 1.00 e. The molecule has 0 aliphatic rings. The van der Waals surface area contributed by atoms with E-state index in [1.807, 2.05) is 0 Å². The van der Waals surface area contributed by atoms with E-state index in [1.54, 1.807) is 0 Å². The van der Waals surface area contributed by atoms with Crippen molar-refractivity contribution in [1.82, 2.24) is 0 Å². The maximum absolute atomic E-state index is 10.4. The Hall–Kier alpha value is 0.733. The Morgan fingerprint density at radius 3 is 1.08 bits per heavy atom. The van der Waals surface area contributed by atoms with Crippen molar-refractivity contribution in [3.05, 3.63) is 36.4 Å². The van der Waals surface area contributed by atoms with E-state index in [4.69, 9.17) is 20.4 Å². The Balaban J connectivity index is 0. The molecule has 10 nitrogen and oxygen atoms in total. The van der Waals surface area contributed by atoms with Crippen molar-refractivity contribution in [2.45, 2.75) is 9.79 Å². The van der Waals surface area contributed by atoms with E-state index in [0.29, 0.717) is 12.1 Å². The molecule has 0 atom stereocenters. The second kappa shape index (κ2) is 11.7. The minimum atomic E-state index is -4.72. The zero-order valence-electron chi connectivity index (χ0n) is 13.5. The fourth-order valence-electron chi connectivity index (χ4n) is 1.41. The van der Waals surface area contributed by atoms with Crippen molar-refractivity contribution < 1.29 is 149 Å². The molecule has 4 N–H and O–H groups in total. The summed E-state index contributed by atoms with van der Waals surface area (Å²) in [6, 6.07) is 5.39. The van der Waals surface area contributed by atoms with E-state index in [1.165, 1.54) is 0 Å². The summed E-state index contributed by atoms with van der Waals surface area (Å²) in [7, 11) is -9.43. The average molecular weight is 457 g/mol. The SMILES string of the molecule is O=S(=O)([O-])c1cc(O)ccc1O.O=S(=O)([O-])c1cc(O)ccc1O.[K+].[K+]. The first-order valence-electron chi connectivity index (χ1n) is 5.78. The molecule has 0 bridgehead atoms. The normalized spacial score (nSPS) is 10.5. The molecule has 0 aliphatic heterocycles. The van der Waals surface area contributed by atoms with Gasteiger partial charge in [0, 0.05) is 12.1 Å². The third-order valence-electron chi connectivity index (χ3n) is 2.43. The molecular formula is C12H10K2O10S2. The molecule has 14 heteroatoms. The van der Waals surface area contributed by atoms with E-state index >= 15 is 0 Å². The summed E-state index contributed by atoms with van der Waals surface area (Å²) in [5.41, 5.74) is 0. The zero-order chi connectivity index (χ0) is 18.7. The Morgan fingerprint density at radius 1 is 0.615 bits per heavy atom. The second-order valence-electron chi connectivity index (χ2n) is 4.21. The van der Waals surface area contributed by atoms with E-state index in [2.05, 4.69) is 0 Å². The number of phenolic OH excluding ortho intramolecular Hbond substituents is 4. The number of hydrogen-bond acceptors (Lipinski definition) is 10. The van der Waals surface area contributed by atoms with E-state index in [-0.39, 0.29) is 114 Å². The van der Waals surface area contributed by atoms with E-state index in [9.17, 15) is 25.9 Å². The minimum Gasteiger partial charge on any atom is -0.744 e. The zero-order valence-corrected chi connectivity index (χ0v) is 21.4. The summed E-state index contributed by atoms with van der Waals surface area (Å²) in [6.45, 7) is 0. The van der Waals surface area contributed by atoms with Gasteiger partial charge in [0.05, 0.1) is 9.79 Å². The molecule has 2 aromatic rings. The fraction of sp³-hybridized carbons (Fsp3) is 0. The van der Waals surface area contributed by atoms with Crippen LogP contribution in [-0.2, 0) is 20.2 Å². The van der Waals surface area contributed by atoms with Crippen LogP contribution in [0.3, 0.4) is 0 Å². The molecule has 0 fully saturated rings. The summed E-state index contributed by atoms with van der Waals surface area (Å²) < 4.78 is 62.3. The van der Waals surface area contributed by atoms with Gasteiger partial charge in [0.2, 0.25) is 0 Å². The van der Waals surface area contributed by atoms with E-state index < -0.39 is 41.5 Å². The predicted octanol–water partition coefficient (Wildman–Crippen LogP) is -5.99. The Labute approximate surface area is 234 Å². The van der Waals surface area contributed by atoms with E-state index in [0.717, 1.165) is 24.3 Å². The van der Waals surface area contributed by atoms with Gasteiger partial charge >= 0.3 is 103 Å². The van der Waals surface area contributed by atoms with Crippen LogP contribution in [0.25, 0.3) is 0 Å². The Kier molecular flexibility index (Phi) is 13.0. The summed E-state index contributed by atoms with van der Waals surface area (Å²) >= 11 is 0. The summed E-state index contributed by atoms with van der Waals surface area (Å²) in [5.74, 6) is -2.10. The molecule has 132 valence electrons. The third-order valence-corrected chi connectivity index (χ3v) is 4.16. The maximum atomic E-state index is 10.4. The molecule has 0 unspecified atom stereocenters.